The molecule has 0 spiro atoms. The molecule has 0 aliphatic rings. The molecule has 0 atom stereocenters. The fourth-order valence-electron chi connectivity index (χ4n) is 2.66. The number of rotatable bonds is 8. The number of anilines is 1. The molecule has 9 heteroatoms. The summed E-state index contributed by atoms with van der Waals surface area (Å²) in [5, 5.41) is 2.65. The Hall–Kier alpha value is -3.65. The third-order valence-electron chi connectivity index (χ3n) is 4.27. The number of benzene rings is 3. The molecular formula is C23H18ClF2NO5. The normalized spacial score (nSPS) is 10.4. The van der Waals surface area contributed by atoms with Crippen molar-refractivity contribution in [2.24, 2.45) is 0 Å². The minimum absolute atomic E-state index is 0.102. The second-order valence-corrected chi connectivity index (χ2v) is 6.94. The highest BCUT2D eigenvalue weighted by Crippen LogP contribution is 2.29. The highest BCUT2D eigenvalue weighted by atomic mass is 35.5. The van der Waals surface area contributed by atoms with Crippen LogP contribution in [0.2, 0.25) is 5.02 Å². The highest BCUT2D eigenvalue weighted by Gasteiger charge is 2.16. The molecule has 0 saturated carbocycles. The van der Waals surface area contributed by atoms with Crippen molar-refractivity contribution >= 4 is 29.2 Å². The summed E-state index contributed by atoms with van der Waals surface area (Å²) in [6.45, 7) is -0.478. The van der Waals surface area contributed by atoms with Gasteiger partial charge in [-0.25, -0.2) is 13.6 Å². The van der Waals surface area contributed by atoms with Crippen molar-refractivity contribution in [1.29, 1.82) is 0 Å². The summed E-state index contributed by atoms with van der Waals surface area (Å²) in [5.41, 5.74) is 0.375. The number of carbonyl (C=O) groups excluding carboxylic acids is 2. The van der Waals surface area contributed by atoms with Gasteiger partial charge in [-0.2, -0.15) is 0 Å². The van der Waals surface area contributed by atoms with E-state index in [0.717, 1.165) is 23.8 Å². The molecule has 1 N–H and O–H groups in total. The smallest absolute Gasteiger partial charge is 0.338 e. The molecule has 0 unspecified atom stereocenters. The number of amides is 1. The van der Waals surface area contributed by atoms with Gasteiger partial charge in [0, 0.05) is 5.02 Å². The van der Waals surface area contributed by atoms with Crippen LogP contribution in [0, 0.1) is 11.6 Å². The number of methoxy groups -OCH3 is 1. The molecule has 3 aromatic carbocycles. The maximum atomic E-state index is 13.6. The van der Waals surface area contributed by atoms with E-state index in [2.05, 4.69) is 0 Å². The zero-order valence-electron chi connectivity index (χ0n) is 16.9. The molecule has 1 amide bonds. The minimum Gasteiger partial charge on any atom is -0.493 e. The third kappa shape index (κ3) is 5.95. The monoisotopic (exact) mass is 461 g/mol. The summed E-state index contributed by atoms with van der Waals surface area (Å²) in [5.74, 6) is -2.92. The fraction of sp³-hybridized carbons (Fsp3) is 0.130. The molecule has 0 saturated heterocycles. The Morgan fingerprint density at radius 3 is 2.31 bits per heavy atom. The van der Waals surface area contributed by atoms with Gasteiger partial charge in [0.1, 0.15) is 23.9 Å². The number of halogens is 3. The molecule has 166 valence electrons. The van der Waals surface area contributed by atoms with Gasteiger partial charge in [0.25, 0.3) is 5.91 Å². The molecule has 0 aliphatic heterocycles. The first-order chi connectivity index (χ1) is 15.4. The van der Waals surface area contributed by atoms with Gasteiger partial charge in [0.15, 0.2) is 18.1 Å². The van der Waals surface area contributed by atoms with Crippen LogP contribution in [0.25, 0.3) is 0 Å². The maximum absolute atomic E-state index is 13.6. The zero-order valence-corrected chi connectivity index (χ0v) is 17.6. The van der Waals surface area contributed by atoms with Crippen LogP contribution in [0.3, 0.4) is 0 Å². The molecule has 3 aromatic rings. The Morgan fingerprint density at radius 1 is 0.969 bits per heavy atom. The average molecular weight is 462 g/mol. The van der Waals surface area contributed by atoms with Gasteiger partial charge in [-0.15, -0.1) is 0 Å². The van der Waals surface area contributed by atoms with Gasteiger partial charge < -0.3 is 19.5 Å². The second kappa shape index (κ2) is 10.6. The predicted octanol–water partition coefficient (Wildman–Crippen LogP) is 5.00. The van der Waals surface area contributed by atoms with Gasteiger partial charge in [-0.05, 0) is 48.0 Å². The maximum Gasteiger partial charge on any atom is 0.338 e. The second-order valence-electron chi connectivity index (χ2n) is 6.50. The van der Waals surface area contributed by atoms with Crippen LogP contribution < -0.4 is 14.8 Å². The van der Waals surface area contributed by atoms with E-state index < -0.39 is 35.8 Å². The third-order valence-corrected chi connectivity index (χ3v) is 4.52. The molecule has 32 heavy (non-hydrogen) atoms. The van der Waals surface area contributed by atoms with E-state index in [-0.39, 0.29) is 17.9 Å². The van der Waals surface area contributed by atoms with Crippen LogP contribution >= 0.6 is 11.6 Å². The standard InChI is InChI=1S/C23H18ClF2NO5/c1-30-20-11-15(7-10-19(20)31-12-14-5-8-16(24)9-6-14)23(29)32-13-21(28)27-22-17(25)3-2-4-18(22)26/h2-11H,12-13H2,1H3,(H,27,28). The van der Waals surface area contributed by atoms with Crippen molar-refractivity contribution in [3.8, 4) is 11.5 Å². The minimum atomic E-state index is -0.941. The van der Waals surface area contributed by atoms with E-state index in [1.807, 2.05) is 17.4 Å². The summed E-state index contributed by atoms with van der Waals surface area (Å²) in [4.78, 5) is 24.2. The van der Waals surface area contributed by atoms with Crippen molar-refractivity contribution in [3.63, 3.8) is 0 Å². The van der Waals surface area contributed by atoms with E-state index in [1.54, 1.807) is 12.1 Å². The molecule has 0 bridgehead atoms. The number of hydrogen-bond acceptors (Lipinski definition) is 5. The van der Waals surface area contributed by atoms with E-state index in [0.29, 0.717) is 10.8 Å². The number of ether oxygens (including phenoxy) is 3. The number of nitrogens with one attached hydrogen (secondary N) is 1. The Kier molecular flexibility index (Phi) is 7.62. The molecule has 0 aromatic heterocycles. The lowest BCUT2D eigenvalue weighted by molar-refractivity contribution is -0.119. The molecule has 0 fully saturated rings. The Bertz CT molecular complexity index is 1100. The van der Waals surface area contributed by atoms with Crippen LogP contribution in [-0.4, -0.2) is 25.6 Å². The number of hydrogen-bond donors (Lipinski definition) is 1. The molecule has 3 rings (SSSR count). The van der Waals surface area contributed by atoms with Crippen molar-refractivity contribution in [2.75, 3.05) is 19.0 Å². The average Bonchev–Trinajstić information content (AvgIpc) is 2.79. The van der Waals surface area contributed by atoms with E-state index in [1.165, 1.54) is 25.3 Å². The largest absolute Gasteiger partial charge is 0.493 e. The summed E-state index contributed by atoms with van der Waals surface area (Å²) in [6.07, 6.45) is 0. The van der Waals surface area contributed by atoms with Gasteiger partial charge in [0.05, 0.1) is 12.7 Å². The van der Waals surface area contributed by atoms with E-state index in [4.69, 9.17) is 25.8 Å². The molecule has 6 nitrogen and oxygen atoms in total. The predicted molar refractivity (Wildman–Crippen MR) is 114 cm³/mol. The number of para-hydroxylation sites is 1. The van der Waals surface area contributed by atoms with Gasteiger partial charge in [0.2, 0.25) is 0 Å². The van der Waals surface area contributed by atoms with Gasteiger partial charge >= 0.3 is 5.97 Å². The van der Waals surface area contributed by atoms with Gasteiger partial charge in [-0.3, -0.25) is 4.79 Å². The first kappa shape index (κ1) is 23.0. The summed E-state index contributed by atoms with van der Waals surface area (Å²) in [7, 11) is 1.41. The number of esters is 1. The van der Waals surface area contributed by atoms with Crippen molar-refractivity contribution in [3.05, 3.63) is 88.4 Å². The SMILES string of the molecule is COc1cc(C(=O)OCC(=O)Nc2c(F)cccc2F)ccc1OCc1ccc(Cl)cc1. The molecule has 0 heterocycles. The topological polar surface area (TPSA) is 73.9 Å². The van der Waals surface area contributed by atoms with Crippen LogP contribution in [0.15, 0.2) is 60.7 Å². The van der Waals surface area contributed by atoms with Crippen LogP contribution in [0.5, 0.6) is 11.5 Å². The van der Waals surface area contributed by atoms with Crippen LogP contribution in [0.1, 0.15) is 15.9 Å². The van der Waals surface area contributed by atoms with Crippen LogP contribution in [-0.2, 0) is 16.1 Å². The number of carbonyl (C=O) groups is 2. The summed E-state index contributed by atoms with van der Waals surface area (Å²) < 4.78 is 43.1. The highest BCUT2D eigenvalue weighted by molar-refractivity contribution is 6.30. The fourth-order valence-corrected chi connectivity index (χ4v) is 2.79. The van der Waals surface area contributed by atoms with Crippen molar-refractivity contribution < 1.29 is 32.6 Å². The Balaban J connectivity index is 1.59. The Labute approximate surface area is 187 Å². The lowest BCUT2D eigenvalue weighted by Crippen LogP contribution is -2.22. The summed E-state index contributed by atoms with van der Waals surface area (Å²) in [6, 6.07) is 14.6. The quantitative estimate of drug-likeness (QED) is 0.478. The Morgan fingerprint density at radius 2 is 1.66 bits per heavy atom. The summed E-state index contributed by atoms with van der Waals surface area (Å²) >= 11 is 5.86. The zero-order chi connectivity index (χ0) is 23.1. The molecular weight excluding hydrogens is 444 g/mol. The van der Waals surface area contributed by atoms with Crippen molar-refractivity contribution in [1.82, 2.24) is 0 Å². The van der Waals surface area contributed by atoms with Crippen molar-refractivity contribution in [2.45, 2.75) is 6.61 Å². The van der Waals surface area contributed by atoms with Gasteiger partial charge in [-0.1, -0.05) is 29.8 Å². The lowest BCUT2D eigenvalue weighted by atomic mass is 10.2. The van der Waals surface area contributed by atoms with Crippen LogP contribution in [0.4, 0.5) is 14.5 Å². The first-order valence-electron chi connectivity index (χ1n) is 9.33. The van der Waals surface area contributed by atoms with E-state index in [9.17, 15) is 18.4 Å². The molecule has 0 aliphatic carbocycles. The van der Waals surface area contributed by atoms with E-state index >= 15 is 0 Å². The molecule has 0 radical (unpaired) electrons. The lowest BCUT2D eigenvalue weighted by Gasteiger charge is -2.12. The first-order valence-corrected chi connectivity index (χ1v) is 9.71.